The summed E-state index contributed by atoms with van der Waals surface area (Å²) in [5, 5.41) is 6.26. The van der Waals surface area contributed by atoms with Crippen molar-refractivity contribution in [2.75, 3.05) is 59.4 Å². The van der Waals surface area contributed by atoms with Crippen LogP contribution in [0.1, 0.15) is 42.3 Å². The number of carbonyl (C=O) groups excluding carboxylic acids is 2. The van der Waals surface area contributed by atoms with Gasteiger partial charge in [0.1, 0.15) is 0 Å². The Bertz CT molecular complexity index is 769. The minimum atomic E-state index is -0.180. The second-order valence-electron chi connectivity index (χ2n) is 8.25. The molecule has 180 valence electrons. The van der Waals surface area contributed by atoms with Crippen LogP contribution in [0.5, 0.6) is 0 Å². The van der Waals surface area contributed by atoms with Gasteiger partial charge < -0.3 is 24.9 Å². The van der Waals surface area contributed by atoms with E-state index in [0.717, 1.165) is 70.1 Å². The molecule has 1 aromatic heterocycles. The highest BCUT2D eigenvalue weighted by atomic mass is 127. The van der Waals surface area contributed by atoms with Gasteiger partial charge in [0.15, 0.2) is 11.7 Å². The van der Waals surface area contributed by atoms with E-state index in [-0.39, 0.29) is 41.8 Å². The number of likely N-dealkylation sites (tertiary alicyclic amines) is 1. The number of piperazine rings is 1. The molecule has 0 bridgehead atoms. The third kappa shape index (κ3) is 6.84. The first-order valence-electron chi connectivity index (χ1n) is 11.3. The summed E-state index contributed by atoms with van der Waals surface area (Å²) in [6, 6.07) is 1.72. The number of amides is 2. The number of aliphatic imine (C=N–C) groups is 1. The van der Waals surface area contributed by atoms with Gasteiger partial charge in [-0.05, 0) is 39.2 Å². The topological polar surface area (TPSA) is 93.4 Å². The SMILES string of the molecule is CN=C(NCCCNC(=O)c1occc1C)N1CCN(C(C)C(=O)N2CCCC2)CC1.I. The van der Waals surface area contributed by atoms with Crippen molar-refractivity contribution in [2.45, 2.75) is 39.2 Å². The van der Waals surface area contributed by atoms with Gasteiger partial charge in [-0.2, -0.15) is 0 Å². The molecule has 2 amide bonds. The first-order valence-corrected chi connectivity index (χ1v) is 11.3. The van der Waals surface area contributed by atoms with Gasteiger partial charge in [0.05, 0.1) is 12.3 Å². The van der Waals surface area contributed by atoms with Crippen LogP contribution in [0.2, 0.25) is 0 Å². The van der Waals surface area contributed by atoms with Crippen LogP contribution in [0.25, 0.3) is 0 Å². The molecule has 2 N–H and O–H groups in total. The largest absolute Gasteiger partial charge is 0.459 e. The monoisotopic (exact) mass is 560 g/mol. The molecule has 1 aromatic rings. The van der Waals surface area contributed by atoms with Gasteiger partial charge in [0.25, 0.3) is 5.91 Å². The molecule has 3 heterocycles. The Hall–Kier alpha value is -1.82. The molecular formula is C22H37IN6O3. The normalized spacial score (nSPS) is 18.3. The molecule has 2 saturated heterocycles. The van der Waals surface area contributed by atoms with Crippen molar-refractivity contribution in [3.63, 3.8) is 0 Å². The van der Waals surface area contributed by atoms with Gasteiger partial charge in [-0.15, -0.1) is 24.0 Å². The summed E-state index contributed by atoms with van der Waals surface area (Å²) in [5.74, 6) is 1.33. The van der Waals surface area contributed by atoms with Crippen LogP contribution in [0.15, 0.2) is 21.7 Å². The number of hydrogen-bond acceptors (Lipinski definition) is 5. The number of halogens is 1. The molecule has 0 saturated carbocycles. The van der Waals surface area contributed by atoms with Crippen LogP contribution < -0.4 is 10.6 Å². The number of nitrogens with zero attached hydrogens (tertiary/aromatic N) is 4. The highest BCUT2D eigenvalue weighted by Crippen LogP contribution is 2.14. The predicted octanol–water partition coefficient (Wildman–Crippen LogP) is 1.53. The summed E-state index contributed by atoms with van der Waals surface area (Å²) in [5.41, 5.74) is 0.839. The predicted molar refractivity (Wildman–Crippen MR) is 136 cm³/mol. The second-order valence-corrected chi connectivity index (χ2v) is 8.25. The van der Waals surface area contributed by atoms with Crippen LogP contribution in [0.3, 0.4) is 0 Å². The molecule has 3 rings (SSSR count). The minimum Gasteiger partial charge on any atom is -0.459 e. The van der Waals surface area contributed by atoms with Gasteiger partial charge >= 0.3 is 0 Å². The van der Waals surface area contributed by atoms with Crippen molar-refractivity contribution >= 4 is 41.8 Å². The van der Waals surface area contributed by atoms with Crippen LogP contribution >= 0.6 is 24.0 Å². The molecule has 2 fully saturated rings. The molecule has 1 atom stereocenters. The fourth-order valence-electron chi connectivity index (χ4n) is 4.19. The van der Waals surface area contributed by atoms with Crippen LogP contribution in [0, 0.1) is 6.92 Å². The van der Waals surface area contributed by atoms with E-state index < -0.39 is 0 Å². The van der Waals surface area contributed by atoms with Crippen molar-refractivity contribution in [1.82, 2.24) is 25.3 Å². The maximum Gasteiger partial charge on any atom is 0.287 e. The van der Waals surface area contributed by atoms with Crippen molar-refractivity contribution < 1.29 is 14.0 Å². The van der Waals surface area contributed by atoms with Crippen LogP contribution in [-0.4, -0.2) is 97.9 Å². The molecule has 0 spiro atoms. The fourth-order valence-corrected chi connectivity index (χ4v) is 4.19. The second kappa shape index (κ2) is 13.0. The highest BCUT2D eigenvalue weighted by molar-refractivity contribution is 14.0. The van der Waals surface area contributed by atoms with Crippen molar-refractivity contribution in [1.29, 1.82) is 0 Å². The lowest BCUT2D eigenvalue weighted by atomic mass is 10.2. The molecule has 0 radical (unpaired) electrons. The van der Waals surface area contributed by atoms with Gasteiger partial charge in [0.2, 0.25) is 5.91 Å². The number of carbonyl (C=O) groups is 2. The number of furan rings is 1. The molecule has 32 heavy (non-hydrogen) atoms. The average molecular weight is 560 g/mol. The zero-order chi connectivity index (χ0) is 22.2. The third-order valence-corrected chi connectivity index (χ3v) is 6.14. The quantitative estimate of drug-likeness (QED) is 0.228. The summed E-state index contributed by atoms with van der Waals surface area (Å²) in [4.78, 5) is 35.6. The van der Waals surface area contributed by atoms with E-state index in [0.29, 0.717) is 18.8 Å². The Morgan fingerprint density at radius 3 is 2.31 bits per heavy atom. The molecule has 2 aliphatic heterocycles. The lowest BCUT2D eigenvalue weighted by molar-refractivity contribution is -0.135. The lowest BCUT2D eigenvalue weighted by Crippen LogP contribution is -2.57. The van der Waals surface area contributed by atoms with Crippen molar-refractivity contribution in [2.24, 2.45) is 4.99 Å². The number of aryl methyl sites for hydroxylation is 1. The summed E-state index contributed by atoms with van der Waals surface area (Å²) >= 11 is 0. The van der Waals surface area contributed by atoms with Crippen molar-refractivity contribution in [3.8, 4) is 0 Å². The number of rotatable bonds is 7. The van der Waals surface area contributed by atoms with Crippen LogP contribution in [0.4, 0.5) is 0 Å². The fraction of sp³-hybridized carbons (Fsp3) is 0.682. The maximum atomic E-state index is 12.7. The lowest BCUT2D eigenvalue weighted by Gasteiger charge is -2.39. The smallest absolute Gasteiger partial charge is 0.287 e. The first kappa shape index (κ1) is 26.4. The highest BCUT2D eigenvalue weighted by Gasteiger charge is 2.30. The molecular weight excluding hydrogens is 523 g/mol. The molecule has 0 aliphatic carbocycles. The number of nitrogens with one attached hydrogen (secondary N) is 2. The minimum absolute atomic E-state index is 0. The summed E-state index contributed by atoms with van der Waals surface area (Å²) < 4.78 is 5.21. The Balaban J connectivity index is 0.00000363. The Labute approximate surface area is 208 Å². The maximum absolute atomic E-state index is 12.7. The standard InChI is InChI=1S/C22H36N6O3.HI/c1-17-7-16-31-19(17)20(29)24-8-6-9-25-22(23-3)28-14-12-26(13-15-28)18(2)21(30)27-10-4-5-11-27;/h7,16,18H,4-6,8-15H2,1-3H3,(H,23,25)(H,24,29);1H. The molecule has 9 nitrogen and oxygen atoms in total. The zero-order valence-electron chi connectivity index (χ0n) is 19.4. The summed E-state index contributed by atoms with van der Waals surface area (Å²) in [6.07, 6.45) is 4.56. The molecule has 10 heteroatoms. The molecule has 1 unspecified atom stereocenters. The summed E-state index contributed by atoms with van der Waals surface area (Å²) in [7, 11) is 1.79. The van der Waals surface area contributed by atoms with E-state index in [9.17, 15) is 9.59 Å². The van der Waals surface area contributed by atoms with E-state index in [1.807, 2.05) is 18.7 Å². The van der Waals surface area contributed by atoms with Crippen LogP contribution in [-0.2, 0) is 4.79 Å². The number of guanidine groups is 1. The van der Waals surface area contributed by atoms with Gasteiger partial charge in [-0.25, -0.2) is 0 Å². The van der Waals surface area contributed by atoms with Crippen molar-refractivity contribution in [3.05, 3.63) is 23.7 Å². The van der Waals surface area contributed by atoms with Gasteiger partial charge in [-0.1, -0.05) is 0 Å². The molecule has 0 aromatic carbocycles. The average Bonchev–Trinajstić information content (AvgIpc) is 3.47. The van der Waals surface area contributed by atoms with E-state index in [2.05, 4.69) is 25.4 Å². The van der Waals surface area contributed by atoms with E-state index >= 15 is 0 Å². The Morgan fingerprint density at radius 1 is 1.06 bits per heavy atom. The Morgan fingerprint density at radius 2 is 1.72 bits per heavy atom. The van der Waals surface area contributed by atoms with E-state index in [1.54, 1.807) is 13.1 Å². The zero-order valence-corrected chi connectivity index (χ0v) is 21.8. The first-order chi connectivity index (χ1) is 15.0. The number of hydrogen-bond donors (Lipinski definition) is 2. The Kier molecular flexibility index (Phi) is 10.8. The van der Waals surface area contributed by atoms with E-state index in [1.165, 1.54) is 6.26 Å². The molecule has 2 aliphatic rings. The third-order valence-electron chi connectivity index (χ3n) is 6.14. The van der Waals surface area contributed by atoms with Gasteiger partial charge in [-0.3, -0.25) is 19.5 Å². The summed E-state index contributed by atoms with van der Waals surface area (Å²) in [6.45, 7) is 10.3. The van der Waals surface area contributed by atoms with E-state index in [4.69, 9.17) is 4.42 Å². The van der Waals surface area contributed by atoms with Gasteiger partial charge in [0, 0.05) is 65.0 Å².